The summed E-state index contributed by atoms with van der Waals surface area (Å²) >= 11 is 0. The summed E-state index contributed by atoms with van der Waals surface area (Å²) in [5.74, 6) is -0.374. The lowest BCUT2D eigenvalue weighted by molar-refractivity contribution is -0.132. The van der Waals surface area contributed by atoms with E-state index in [2.05, 4.69) is 13.8 Å². The number of hydrogen-bond donors (Lipinski definition) is 1. The van der Waals surface area contributed by atoms with E-state index in [4.69, 9.17) is 4.74 Å². The average Bonchev–Trinajstić information content (AvgIpc) is 3.34. The largest absolute Gasteiger partial charge is 0.507 e. The number of ketones is 1. The predicted molar refractivity (Wildman–Crippen MR) is 132 cm³/mol. The van der Waals surface area contributed by atoms with Crippen LogP contribution in [0.25, 0.3) is 5.76 Å². The van der Waals surface area contributed by atoms with E-state index in [0.717, 1.165) is 28.9 Å². The topological polar surface area (TPSA) is 66.8 Å². The second-order valence-corrected chi connectivity index (χ2v) is 9.28. The molecule has 172 valence electrons. The molecule has 0 aliphatic carbocycles. The van der Waals surface area contributed by atoms with Crippen LogP contribution in [0.4, 0.5) is 5.69 Å². The molecule has 3 aromatic rings. The first-order chi connectivity index (χ1) is 16.3. The number of benzene rings is 3. The maximum Gasteiger partial charge on any atom is 0.300 e. The van der Waals surface area contributed by atoms with Crippen molar-refractivity contribution in [3.8, 4) is 5.75 Å². The molecule has 5 nitrogen and oxygen atoms in total. The summed E-state index contributed by atoms with van der Waals surface area (Å²) < 4.78 is 5.77. The third-order valence-corrected chi connectivity index (χ3v) is 6.57. The molecule has 2 unspecified atom stereocenters. The number of carbonyl (C=O) groups is 2. The van der Waals surface area contributed by atoms with E-state index < -0.39 is 17.7 Å². The van der Waals surface area contributed by atoms with Crippen molar-refractivity contribution in [2.45, 2.75) is 45.3 Å². The number of aliphatic hydroxyl groups excluding tert-OH is 1. The van der Waals surface area contributed by atoms with Crippen molar-refractivity contribution in [3.05, 3.63) is 101 Å². The van der Waals surface area contributed by atoms with Crippen LogP contribution in [0.2, 0.25) is 0 Å². The van der Waals surface area contributed by atoms with Crippen molar-refractivity contribution in [1.82, 2.24) is 0 Å². The lowest BCUT2D eigenvalue weighted by atomic mass is 9.94. The first-order valence-electron chi connectivity index (χ1n) is 11.6. The van der Waals surface area contributed by atoms with Gasteiger partial charge in [0.1, 0.15) is 17.6 Å². The number of aliphatic hydroxyl groups is 1. The highest BCUT2D eigenvalue weighted by Crippen LogP contribution is 2.43. The molecule has 2 heterocycles. The molecular formula is C29H27NO4. The second kappa shape index (κ2) is 8.49. The number of nitrogens with zero attached hydrogens (tertiary/aromatic N) is 1. The molecule has 2 atom stereocenters. The molecule has 3 aromatic carbocycles. The molecule has 1 amide bonds. The fourth-order valence-corrected chi connectivity index (χ4v) is 4.79. The molecule has 2 aliphatic heterocycles. The summed E-state index contributed by atoms with van der Waals surface area (Å²) in [6.07, 6.45) is 0.797. The Balaban J connectivity index is 1.65. The molecule has 0 aromatic heterocycles. The number of hydrogen-bond acceptors (Lipinski definition) is 4. The van der Waals surface area contributed by atoms with Crippen LogP contribution >= 0.6 is 0 Å². The Bertz CT molecular complexity index is 1290. The second-order valence-electron chi connectivity index (χ2n) is 9.28. The van der Waals surface area contributed by atoms with Crippen LogP contribution in [-0.4, -0.2) is 22.9 Å². The van der Waals surface area contributed by atoms with Crippen molar-refractivity contribution < 1.29 is 19.4 Å². The van der Waals surface area contributed by atoms with E-state index in [1.165, 1.54) is 4.90 Å². The fraction of sp³-hybridized carbons (Fsp3) is 0.241. The minimum absolute atomic E-state index is 0.0658. The molecule has 1 fully saturated rings. The first kappa shape index (κ1) is 22.0. The summed E-state index contributed by atoms with van der Waals surface area (Å²) in [5.41, 5.74) is 4.10. The number of carbonyl (C=O) groups excluding carboxylic acids is 2. The standard InChI is InChI=1S/C29H27NO4/c1-17(2)19-9-12-23(13-10-19)30-26(20-7-5-4-6-8-20)25(28(32)29(30)33)27(31)21-11-14-24-22(16-21)15-18(3)34-24/h4-14,16-18,26,31H,15H2,1-3H3/b27-25-. The predicted octanol–water partition coefficient (Wildman–Crippen LogP) is 5.76. The summed E-state index contributed by atoms with van der Waals surface area (Å²) in [4.78, 5) is 28.1. The molecule has 0 bridgehead atoms. The molecule has 1 saturated heterocycles. The summed E-state index contributed by atoms with van der Waals surface area (Å²) in [6, 6.07) is 21.7. The minimum atomic E-state index is -0.727. The van der Waals surface area contributed by atoms with Gasteiger partial charge < -0.3 is 9.84 Å². The van der Waals surface area contributed by atoms with Gasteiger partial charge in [-0.2, -0.15) is 0 Å². The number of amides is 1. The average molecular weight is 454 g/mol. The van der Waals surface area contributed by atoms with Gasteiger partial charge in [-0.05, 0) is 59.9 Å². The van der Waals surface area contributed by atoms with E-state index in [9.17, 15) is 14.7 Å². The molecule has 0 radical (unpaired) electrons. The van der Waals surface area contributed by atoms with E-state index in [1.54, 1.807) is 6.07 Å². The van der Waals surface area contributed by atoms with E-state index in [-0.39, 0.29) is 17.4 Å². The Morgan fingerprint density at radius 1 is 1.00 bits per heavy atom. The zero-order chi connectivity index (χ0) is 24.0. The highest BCUT2D eigenvalue weighted by molar-refractivity contribution is 6.51. The molecule has 0 saturated carbocycles. The van der Waals surface area contributed by atoms with Crippen molar-refractivity contribution in [3.63, 3.8) is 0 Å². The third kappa shape index (κ3) is 3.67. The summed E-state index contributed by atoms with van der Waals surface area (Å²) in [5, 5.41) is 11.4. The Kier molecular flexibility index (Phi) is 5.48. The quantitative estimate of drug-likeness (QED) is 0.310. The van der Waals surface area contributed by atoms with Gasteiger partial charge >= 0.3 is 0 Å². The van der Waals surface area contributed by atoms with Crippen LogP contribution in [-0.2, 0) is 16.0 Å². The third-order valence-electron chi connectivity index (χ3n) is 6.57. The van der Waals surface area contributed by atoms with Gasteiger partial charge in [-0.15, -0.1) is 0 Å². The van der Waals surface area contributed by atoms with Gasteiger partial charge in [0.25, 0.3) is 11.7 Å². The molecule has 0 spiro atoms. The van der Waals surface area contributed by atoms with Gasteiger partial charge in [-0.25, -0.2) is 0 Å². The number of fused-ring (bicyclic) bond motifs is 1. The van der Waals surface area contributed by atoms with E-state index in [1.807, 2.05) is 73.7 Å². The van der Waals surface area contributed by atoms with Crippen LogP contribution in [0.3, 0.4) is 0 Å². The maximum absolute atomic E-state index is 13.3. The van der Waals surface area contributed by atoms with Gasteiger partial charge in [0, 0.05) is 17.7 Å². The van der Waals surface area contributed by atoms with Gasteiger partial charge in [0.05, 0.1) is 11.6 Å². The maximum atomic E-state index is 13.3. The lowest BCUT2D eigenvalue weighted by Crippen LogP contribution is -2.29. The van der Waals surface area contributed by atoms with Gasteiger partial charge in [-0.3, -0.25) is 14.5 Å². The SMILES string of the molecule is CC1Cc2cc(/C(O)=C3/C(=O)C(=O)N(c4ccc(C(C)C)cc4)C3c3ccccc3)ccc2O1. The highest BCUT2D eigenvalue weighted by atomic mass is 16.5. The van der Waals surface area contributed by atoms with Crippen molar-refractivity contribution >= 4 is 23.1 Å². The van der Waals surface area contributed by atoms with Crippen molar-refractivity contribution in [2.75, 3.05) is 4.90 Å². The van der Waals surface area contributed by atoms with Crippen LogP contribution in [0.15, 0.2) is 78.4 Å². The van der Waals surface area contributed by atoms with Crippen molar-refractivity contribution in [2.24, 2.45) is 0 Å². The molecule has 2 aliphatic rings. The number of ether oxygens (including phenoxy) is 1. The molecule has 1 N–H and O–H groups in total. The molecule has 5 rings (SSSR count). The monoisotopic (exact) mass is 453 g/mol. The summed E-state index contributed by atoms with van der Waals surface area (Å²) in [6.45, 7) is 6.20. The molecular weight excluding hydrogens is 426 g/mol. The van der Waals surface area contributed by atoms with Gasteiger partial charge in [0.2, 0.25) is 0 Å². The Labute approximate surface area is 199 Å². The van der Waals surface area contributed by atoms with Crippen LogP contribution in [0.1, 0.15) is 55.0 Å². The van der Waals surface area contributed by atoms with Crippen LogP contribution in [0, 0.1) is 0 Å². The Morgan fingerprint density at radius 2 is 1.71 bits per heavy atom. The number of Topliss-reactive ketones (excluding diaryl/α,β-unsaturated/α-hetero) is 1. The fourth-order valence-electron chi connectivity index (χ4n) is 4.79. The zero-order valence-electron chi connectivity index (χ0n) is 19.5. The first-order valence-corrected chi connectivity index (χ1v) is 11.6. The normalized spacial score (nSPS) is 21.1. The molecule has 34 heavy (non-hydrogen) atoms. The number of anilines is 1. The Morgan fingerprint density at radius 3 is 2.38 bits per heavy atom. The molecule has 5 heteroatoms. The van der Waals surface area contributed by atoms with E-state index in [0.29, 0.717) is 17.2 Å². The zero-order valence-corrected chi connectivity index (χ0v) is 19.5. The smallest absolute Gasteiger partial charge is 0.300 e. The summed E-state index contributed by atoms with van der Waals surface area (Å²) in [7, 11) is 0. The van der Waals surface area contributed by atoms with Crippen LogP contribution < -0.4 is 9.64 Å². The van der Waals surface area contributed by atoms with Crippen LogP contribution in [0.5, 0.6) is 5.75 Å². The highest BCUT2D eigenvalue weighted by Gasteiger charge is 2.47. The lowest BCUT2D eigenvalue weighted by Gasteiger charge is -2.25. The van der Waals surface area contributed by atoms with Crippen molar-refractivity contribution in [1.29, 1.82) is 0 Å². The minimum Gasteiger partial charge on any atom is -0.507 e. The van der Waals surface area contributed by atoms with Gasteiger partial charge in [0.15, 0.2) is 0 Å². The van der Waals surface area contributed by atoms with Gasteiger partial charge in [-0.1, -0.05) is 56.3 Å². The Hall–Kier alpha value is -3.86. The van der Waals surface area contributed by atoms with E-state index >= 15 is 0 Å². The number of rotatable bonds is 4.